The van der Waals surface area contributed by atoms with E-state index in [0.717, 1.165) is 17.4 Å². The maximum Gasteiger partial charge on any atom is 0.404 e. The van der Waals surface area contributed by atoms with Crippen molar-refractivity contribution in [3.63, 3.8) is 0 Å². The number of benzene rings is 3. The highest BCUT2D eigenvalue weighted by atomic mass is 32.2. The van der Waals surface area contributed by atoms with E-state index < -0.39 is 39.1 Å². The summed E-state index contributed by atoms with van der Waals surface area (Å²) in [7, 11) is -3.73. The van der Waals surface area contributed by atoms with E-state index in [4.69, 9.17) is 15.2 Å². The molecule has 0 aliphatic carbocycles. The molecule has 0 saturated heterocycles. The molecule has 10 nitrogen and oxygen atoms in total. The third kappa shape index (κ3) is 9.20. The molecule has 0 fully saturated rings. The molecule has 0 saturated carbocycles. The average molecular weight is 612 g/mol. The first-order valence-corrected chi connectivity index (χ1v) is 15.8. The third-order valence-corrected chi connectivity index (χ3v) is 7.57. The van der Waals surface area contributed by atoms with Crippen LogP contribution < -0.4 is 20.5 Å². The van der Waals surface area contributed by atoms with Gasteiger partial charge in [-0.05, 0) is 54.8 Å². The van der Waals surface area contributed by atoms with Gasteiger partial charge in [0.2, 0.25) is 10.0 Å². The highest BCUT2D eigenvalue weighted by Gasteiger charge is 2.47. The van der Waals surface area contributed by atoms with E-state index >= 15 is 0 Å². The normalized spacial score (nSPS) is 14.0. The van der Waals surface area contributed by atoms with Gasteiger partial charge in [-0.25, -0.2) is 17.9 Å². The smallest absolute Gasteiger partial charge is 0.404 e. The van der Waals surface area contributed by atoms with Crippen LogP contribution in [-0.4, -0.2) is 50.0 Å². The summed E-state index contributed by atoms with van der Waals surface area (Å²) in [4.78, 5) is 24.3. The number of hydrogen-bond donors (Lipinski definition) is 4. The van der Waals surface area contributed by atoms with Crippen LogP contribution in [0.25, 0.3) is 11.1 Å². The summed E-state index contributed by atoms with van der Waals surface area (Å²) < 4.78 is 37.1. The fourth-order valence-corrected chi connectivity index (χ4v) is 5.06. The molecule has 0 aliphatic heterocycles. The van der Waals surface area contributed by atoms with Gasteiger partial charge in [-0.2, -0.15) is 0 Å². The van der Waals surface area contributed by atoms with Gasteiger partial charge in [-0.1, -0.05) is 69.3 Å². The molecule has 3 rings (SSSR count). The molecule has 0 spiro atoms. The summed E-state index contributed by atoms with van der Waals surface area (Å²) in [5, 5.41) is 14.4. The van der Waals surface area contributed by atoms with Crippen LogP contribution in [0.4, 0.5) is 10.5 Å². The number of amides is 2. The Morgan fingerprint density at radius 2 is 1.56 bits per heavy atom. The number of sulfonamides is 1. The molecule has 0 bridgehead atoms. The lowest BCUT2D eigenvalue weighted by molar-refractivity contribution is -0.101. The van der Waals surface area contributed by atoms with E-state index in [1.807, 2.05) is 81.8 Å². The van der Waals surface area contributed by atoms with Crippen LogP contribution in [0, 0.1) is 5.41 Å². The van der Waals surface area contributed by atoms with Crippen LogP contribution in [0.2, 0.25) is 0 Å². The Balaban J connectivity index is 1.96. The number of aliphatic hydroxyl groups excluding tert-OH is 1. The van der Waals surface area contributed by atoms with Gasteiger partial charge >= 0.3 is 6.09 Å². The molecule has 0 heterocycles. The Hall–Kier alpha value is -4.09. The van der Waals surface area contributed by atoms with Crippen LogP contribution in [0.5, 0.6) is 5.75 Å². The van der Waals surface area contributed by atoms with Gasteiger partial charge in [0.05, 0.1) is 17.9 Å². The number of hydrogen-bond acceptors (Lipinski definition) is 8. The van der Waals surface area contributed by atoms with Crippen molar-refractivity contribution in [2.45, 2.75) is 58.8 Å². The van der Waals surface area contributed by atoms with Gasteiger partial charge in [0.1, 0.15) is 12.4 Å². The number of aliphatic hydroxyl groups is 1. The lowest BCUT2D eigenvalue weighted by atomic mass is 9.72. The molecule has 2 atom stereocenters. The Morgan fingerprint density at radius 3 is 2.09 bits per heavy atom. The topological polar surface area (TPSA) is 157 Å². The second kappa shape index (κ2) is 13.5. The van der Waals surface area contributed by atoms with Gasteiger partial charge in [-0.15, -0.1) is 0 Å². The van der Waals surface area contributed by atoms with Gasteiger partial charge in [0.25, 0.3) is 5.91 Å². The zero-order chi connectivity index (χ0) is 32.0. The average Bonchev–Trinajstić information content (AvgIpc) is 2.90. The molecule has 0 radical (unpaired) electrons. The summed E-state index contributed by atoms with van der Waals surface area (Å²) in [6, 6.07) is 21.5. The van der Waals surface area contributed by atoms with E-state index in [1.54, 1.807) is 30.3 Å². The molecule has 3 aromatic carbocycles. The molecule has 3 aromatic rings. The monoisotopic (exact) mass is 611 g/mol. The predicted molar refractivity (Wildman–Crippen MR) is 167 cm³/mol. The summed E-state index contributed by atoms with van der Waals surface area (Å²) >= 11 is 0. The maximum atomic E-state index is 12.6. The zero-order valence-corrected chi connectivity index (χ0v) is 26.2. The second-order valence-electron chi connectivity index (χ2n) is 11.9. The van der Waals surface area contributed by atoms with Gasteiger partial charge in [0, 0.05) is 23.6 Å². The number of carbonyl (C=O) groups is 2. The van der Waals surface area contributed by atoms with E-state index in [2.05, 4.69) is 5.32 Å². The summed E-state index contributed by atoms with van der Waals surface area (Å²) in [5.41, 5.74) is 6.55. The number of primary amides is 1. The molecule has 0 aromatic heterocycles. The Morgan fingerprint density at radius 1 is 0.953 bits per heavy atom. The minimum atomic E-state index is -3.73. The quantitative estimate of drug-likeness (QED) is 0.216. The number of nitrogens with one attached hydrogen (secondary N) is 2. The molecule has 43 heavy (non-hydrogen) atoms. The first-order chi connectivity index (χ1) is 20.0. The molecule has 1 unspecified atom stereocenters. The van der Waals surface area contributed by atoms with Gasteiger partial charge in [0.15, 0.2) is 5.60 Å². The number of carbonyl (C=O) groups excluding carboxylic acids is 2. The zero-order valence-electron chi connectivity index (χ0n) is 25.4. The lowest BCUT2D eigenvalue weighted by Gasteiger charge is -2.45. The van der Waals surface area contributed by atoms with E-state index in [9.17, 15) is 23.1 Å². The summed E-state index contributed by atoms with van der Waals surface area (Å²) in [6.07, 6.45) is -0.797. The molecule has 232 valence electrons. The van der Waals surface area contributed by atoms with Gasteiger partial charge < -0.3 is 25.6 Å². The minimum absolute atomic E-state index is 0.0183. The molecule has 5 N–H and O–H groups in total. The van der Waals surface area contributed by atoms with Crippen LogP contribution in [0.3, 0.4) is 0 Å². The second-order valence-corrected chi connectivity index (χ2v) is 13.6. The van der Waals surface area contributed by atoms with Crippen molar-refractivity contribution in [1.82, 2.24) is 4.72 Å². The highest BCUT2D eigenvalue weighted by Crippen LogP contribution is 2.42. The van der Waals surface area contributed by atoms with Gasteiger partial charge in [-0.3, -0.25) is 4.79 Å². The van der Waals surface area contributed by atoms with Crippen LogP contribution in [-0.2, 0) is 14.8 Å². The van der Waals surface area contributed by atoms with Crippen molar-refractivity contribution in [3.8, 4) is 16.9 Å². The molecule has 11 heteroatoms. The SMILES string of the molecule is CC(C)Nc1cc(-c2ccc(OC(COC(N)=O)(C[C@@H](O)c3ccccc3)C(C)(C)C)cc2)ccc1C(=O)NS(C)(=O)=O. The minimum Gasteiger partial charge on any atom is -0.483 e. The Kier molecular flexibility index (Phi) is 10.5. The molecule has 0 aliphatic rings. The van der Waals surface area contributed by atoms with E-state index in [0.29, 0.717) is 17.0 Å². The third-order valence-electron chi connectivity index (χ3n) is 7.01. The standard InChI is InChI=1S/C32H41N3O7S/c1-21(2)34-27-18-24(14-17-26(27)29(37)35-43(6,39)40)22-12-15-25(16-13-22)42-32(31(3,4)5,20-41-30(33)38)19-28(36)23-10-8-7-9-11-23/h7-18,21,28,34,36H,19-20H2,1-6H3,(H2,33,38)(H,35,37)/t28-,32?/m1/s1. The molecular formula is C32H41N3O7S. The van der Waals surface area contributed by atoms with Crippen molar-refractivity contribution >= 4 is 27.7 Å². The fourth-order valence-electron chi connectivity index (χ4n) is 4.62. The largest absolute Gasteiger partial charge is 0.483 e. The number of ether oxygens (including phenoxy) is 2. The van der Waals surface area contributed by atoms with Crippen molar-refractivity contribution in [2.75, 3.05) is 18.2 Å². The highest BCUT2D eigenvalue weighted by molar-refractivity contribution is 7.89. The van der Waals surface area contributed by atoms with E-state index in [1.165, 1.54) is 0 Å². The Labute approximate surface area is 253 Å². The number of rotatable bonds is 12. The lowest BCUT2D eigenvalue weighted by Crippen LogP contribution is -2.53. The number of nitrogens with two attached hydrogens (primary N) is 1. The van der Waals surface area contributed by atoms with Crippen LogP contribution >= 0.6 is 0 Å². The molecular weight excluding hydrogens is 570 g/mol. The van der Waals surface area contributed by atoms with E-state index in [-0.39, 0.29) is 24.6 Å². The Bertz CT molecular complexity index is 1520. The van der Waals surface area contributed by atoms with Crippen molar-refractivity contribution in [3.05, 3.63) is 83.9 Å². The predicted octanol–water partition coefficient (Wildman–Crippen LogP) is 5.25. The van der Waals surface area contributed by atoms with Crippen molar-refractivity contribution in [2.24, 2.45) is 11.1 Å². The van der Waals surface area contributed by atoms with Crippen LogP contribution in [0.1, 0.15) is 63.1 Å². The fraction of sp³-hybridized carbons (Fsp3) is 0.375. The first-order valence-electron chi connectivity index (χ1n) is 13.9. The summed E-state index contributed by atoms with van der Waals surface area (Å²) in [6.45, 7) is 9.46. The molecule has 2 amide bonds. The van der Waals surface area contributed by atoms with Crippen molar-refractivity contribution < 1.29 is 32.6 Å². The maximum absolute atomic E-state index is 12.6. The van der Waals surface area contributed by atoms with Crippen LogP contribution in [0.15, 0.2) is 72.8 Å². The first kappa shape index (κ1) is 33.4. The summed E-state index contributed by atoms with van der Waals surface area (Å²) in [5.74, 6) is -0.243. The van der Waals surface area contributed by atoms with Crippen molar-refractivity contribution in [1.29, 1.82) is 0 Å². The number of anilines is 1.